The molecule has 1 fully saturated rings. The first kappa shape index (κ1) is 12.5. The minimum Gasteiger partial charge on any atom is -0.469 e. The molecule has 0 aliphatic heterocycles. The van der Waals surface area contributed by atoms with Crippen molar-refractivity contribution in [1.82, 2.24) is 5.32 Å². The van der Waals surface area contributed by atoms with Gasteiger partial charge in [0, 0.05) is 19.0 Å². The maximum absolute atomic E-state index is 5.39. The van der Waals surface area contributed by atoms with Gasteiger partial charge in [-0.05, 0) is 48.9 Å². The van der Waals surface area contributed by atoms with Gasteiger partial charge >= 0.3 is 0 Å². The quantitative estimate of drug-likeness (QED) is 0.847. The van der Waals surface area contributed by atoms with E-state index in [0.29, 0.717) is 6.04 Å². The molecule has 1 unspecified atom stereocenters. The largest absolute Gasteiger partial charge is 0.469 e. The predicted octanol–water partition coefficient (Wildman–Crippen LogP) is 3.88. The van der Waals surface area contributed by atoms with Crippen molar-refractivity contribution < 1.29 is 4.42 Å². The standard InChI is InChI=1S/C17H21NO/c1-13(11-16-6-4-10-19-16)18-12-15-5-2-3-7-17(15)14-8-9-14/h2-7,10,13-14,18H,8-9,11-12H2,1H3. The molecule has 1 aromatic heterocycles. The second kappa shape index (κ2) is 5.62. The van der Waals surface area contributed by atoms with E-state index in [0.717, 1.165) is 24.6 Å². The molecule has 1 aromatic carbocycles. The summed E-state index contributed by atoms with van der Waals surface area (Å²) < 4.78 is 5.39. The zero-order chi connectivity index (χ0) is 13.1. The Balaban J connectivity index is 1.57. The Morgan fingerprint density at radius 1 is 1.21 bits per heavy atom. The van der Waals surface area contributed by atoms with Gasteiger partial charge in [0.25, 0.3) is 0 Å². The molecule has 1 saturated carbocycles. The second-order valence-corrected chi connectivity index (χ2v) is 5.54. The van der Waals surface area contributed by atoms with Gasteiger partial charge in [-0.2, -0.15) is 0 Å². The van der Waals surface area contributed by atoms with Gasteiger partial charge in [-0.1, -0.05) is 24.3 Å². The molecule has 1 heterocycles. The molecule has 100 valence electrons. The SMILES string of the molecule is CC(Cc1ccco1)NCc1ccccc1C1CC1. The van der Waals surface area contributed by atoms with Crippen LogP contribution in [-0.2, 0) is 13.0 Å². The summed E-state index contributed by atoms with van der Waals surface area (Å²) in [5.74, 6) is 1.87. The third kappa shape index (κ3) is 3.27. The van der Waals surface area contributed by atoms with Crippen molar-refractivity contribution in [2.24, 2.45) is 0 Å². The van der Waals surface area contributed by atoms with Gasteiger partial charge in [0.05, 0.1) is 6.26 Å². The molecule has 19 heavy (non-hydrogen) atoms. The molecule has 0 spiro atoms. The maximum Gasteiger partial charge on any atom is 0.105 e. The lowest BCUT2D eigenvalue weighted by molar-refractivity contribution is 0.456. The summed E-state index contributed by atoms with van der Waals surface area (Å²) in [6.07, 6.45) is 5.40. The van der Waals surface area contributed by atoms with Crippen LogP contribution in [0.25, 0.3) is 0 Å². The van der Waals surface area contributed by atoms with Gasteiger partial charge in [-0.15, -0.1) is 0 Å². The topological polar surface area (TPSA) is 25.2 Å². The molecule has 1 aliphatic carbocycles. The molecule has 2 aromatic rings. The molecular formula is C17H21NO. The molecule has 2 heteroatoms. The molecular weight excluding hydrogens is 234 g/mol. The minimum absolute atomic E-state index is 0.429. The third-order valence-corrected chi connectivity index (χ3v) is 3.80. The van der Waals surface area contributed by atoms with Crippen molar-refractivity contribution in [2.75, 3.05) is 0 Å². The summed E-state index contributed by atoms with van der Waals surface area (Å²) in [6.45, 7) is 3.16. The van der Waals surface area contributed by atoms with Crippen LogP contribution in [0.15, 0.2) is 47.1 Å². The molecule has 0 radical (unpaired) electrons. The Kier molecular flexibility index (Phi) is 3.69. The van der Waals surface area contributed by atoms with E-state index in [1.165, 1.54) is 18.4 Å². The summed E-state index contributed by atoms with van der Waals surface area (Å²) in [7, 11) is 0. The average molecular weight is 255 g/mol. The van der Waals surface area contributed by atoms with Crippen LogP contribution in [0, 0.1) is 0 Å². The van der Waals surface area contributed by atoms with Gasteiger partial charge < -0.3 is 9.73 Å². The first-order valence-corrected chi connectivity index (χ1v) is 7.16. The molecule has 3 rings (SSSR count). The highest BCUT2D eigenvalue weighted by atomic mass is 16.3. The van der Waals surface area contributed by atoms with Gasteiger partial charge in [-0.25, -0.2) is 0 Å². The van der Waals surface area contributed by atoms with Gasteiger partial charge in [-0.3, -0.25) is 0 Å². The van der Waals surface area contributed by atoms with E-state index < -0.39 is 0 Å². The highest BCUT2D eigenvalue weighted by Crippen LogP contribution is 2.41. The fourth-order valence-corrected chi connectivity index (χ4v) is 2.57. The van der Waals surface area contributed by atoms with Crippen LogP contribution in [0.1, 0.15) is 42.6 Å². The smallest absolute Gasteiger partial charge is 0.105 e. The zero-order valence-electron chi connectivity index (χ0n) is 11.4. The van der Waals surface area contributed by atoms with E-state index in [1.807, 2.05) is 12.1 Å². The number of hydrogen-bond donors (Lipinski definition) is 1. The van der Waals surface area contributed by atoms with Crippen LogP contribution >= 0.6 is 0 Å². The predicted molar refractivity (Wildman–Crippen MR) is 77.1 cm³/mol. The number of rotatable bonds is 6. The molecule has 1 N–H and O–H groups in total. The van der Waals surface area contributed by atoms with Crippen LogP contribution in [0.4, 0.5) is 0 Å². The van der Waals surface area contributed by atoms with E-state index >= 15 is 0 Å². The van der Waals surface area contributed by atoms with Crippen LogP contribution in [0.3, 0.4) is 0 Å². The summed E-state index contributed by atoms with van der Waals surface area (Å²) >= 11 is 0. The van der Waals surface area contributed by atoms with Crippen LogP contribution in [0.5, 0.6) is 0 Å². The molecule has 1 aliphatic rings. The summed E-state index contributed by atoms with van der Waals surface area (Å²) in [4.78, 5) is 0. The van der Waals surface area contributed by atoms with E-state index in [2.05, 4.69) is 36.5 Å². The number of furan rings is 1. The average Bonchev–Trinajstić information content (AvgIpc) is 3.15. The normalized spacial score (nSPS) is 16.5. The monoisotopic (exact) mass is 255 g/mol. The number of hydrogen-bond acceptors (Lipinski definition) is 2. The Morgan fingerprint density at radius 3 is 2.79 bits per heavy atom. The first-order valence-electron chi connectivity index (χ1n) is 7.16. The van der Waals surface area contributed by atoms with Crippen LogP contribution in [-0.4, -0.2) is 6.04 Å². The highest BCUT2D eigenvalue weighted by Gasteiger charge is 2.25. The van der Waals surface area contributed by atoms with E-state index in [1.54, 1.807) is 11.8 Å². The van der Waals surface area contributed by atoms with Crippen molar-refractivity contribution in [3.8, 4) is 0 Å². The maximum atomic E-state index is 5.39. The Labute approximate surface area is 114 Å². The van der Waals surface area contributed by atoms with E-state index in [4.69, 9.17) is 4.42 Å². The first-order chi connectivity index (χ1) is 9.33. The Bertz CT molecular complexity index is 514. The van der Waals surface area contributed by atoms with Crippen molar-refractivity contribution in [2.45, 2.75) is 44.7 Å². The van der Waals surface area contributed by atoms with Gasteiger partial charge in [0.2, 0.25) is 0 Å². The molecule has 0 bridgehead atoms. The highest BCUT2D eigenvalue weighted by molar-refractivity contribution is 5.33. The number of benzene rings is 1. The van der Waals surface area contributed by atoms with E-state index in [-0.39, 0.29) is 0 Å². The third-order valence-electron chi connectivity index (χ3n) is 3.80. The minimum atomic E-state index is 0.429. The zero-order valence-corrected chi connectivity index (χ0v) is 11.4. The van der Waals surface area contributed by atoms with Crippen LogP contribution < -0.4 is 5.32 Å². The Morgan fingerprint density at radius 2 is 2.05 bits per heavy atom. The molecule has 2 nitrogen and oxygen atoms in total. The molecule has 1 atom stereocenters. The summed E-state index contributed by atoms with van der Waals surface area (Å²) in [5.41, 5.74) is 3.00. The summed E-state index contributed by atoms with van der Waals surface area (Å²) in [5, 5.41) is 3.60. The fraction of sp³-hybridized carbons (Fsp3) is 0.412. The molecule has 0 amide bonds. The van der Waals surface area contributed by atoms with Gasteiger partial charge in [0.15, 0.2) is 0 Å². The van der Waals surface area contributed by atoms with Crippen molar-refractivity contribution in [3.63, 3.8) is 0 Å². The van der Waals surface area contributed by atoms with Crippen molar-refractivity contribution in [3.05, 3.63) is 59.5 Å². The number of nitrogens with one attached hydrogen (secondary N) is 1. The summed E-state index contributed by atoms with van der Waals surface area (Å²) in [6, 6.07) is 13.2. The Hall–Kier alpha value is -1.54. The lowest BCUT2D eigenvalue weighted by atomic mass is 10.0. The van der Waals surface area contributed by atoms with Gasteiger partial charge in [0.1, 0.15) is 5.76 Å². The van der Waals surface area contributed by atoms with E-state index in [9.17, 15) is 0 Å². The second-order valence-electron chi connectivity index (χ2n) is 5.54. The lowest BCUT2D eigenvalue weighted by Gasteiger charge is -2.14. The van der Waals surface area contributed by atoms with Crippen LogP contribution in [0.2, 0.25) is 0 Å². The van der Waals surface area contributed by atoms with Crippen molar-refractivity contribution in [1.29, 1.82) is 0 Å². The lowest BCUT2D eigenvalue weighted by Crippen LogP contribution is -2.27. The molecule has 0 saturated heterocycles. The fourth-order valence-electron chi connectivity index (χ4n) is 2.57. The van der Waals surface area contributed by atoms with Crippen molar-refractivity contribution >= 4 is 0 Å².